The van der Waals surface area contributed by atoms with E-state index in [1.165, 1.54) is 76.0 Å². The van der Waals surface area contributed by atoms with Crippen LogP contribution in [0.15, 0.2) is 53.4 Å². The number of rotatable bonds is 19. The highest BCUT2D eigenvalue weighted by Crippen LogP contribution is 2.24. The molecule has 212 valence electrons. The molecule has 4 nitrogen and oxygen atoms in total. The summed E-state index contributed by atoms with van der Waals surface area (Å²) in [7, 11) is 0. The molecule has 1 amide bonds. The molecule has 2 aromatic carbocycles. The molecule has 0 saturated carbocycles. The number of amides is 1. The Morgan fingerprint density at radius 1 is 0.923 bits per heavy atom. The first-order chi connectivity index (χ1) is 19.1. The summed E-state index contributed by atoms with van der Waals surface area (Å²) in [5.74, 6) is -0.398. The number of nitrogens with one attached hydrogen (secondary N) is 1. The van der Waals surface area contributed by atoms with Crippen molar-refractivity contribution in [2.45, 2.75) is 104 Å². The molecule has 1 N–H and O–H groups in total. The summed E-state index contributed by atoms with van der Waals surface area (Å²) in [5.41, 5.74) is 5.71. The average Bonchev–Trinajstić information content (AvgIpc) is 3.32. The molecule has 0 bridgehead atoms. The first kappa shape index (κ1) is 30.8. The number of halogens is 1. The number of nitrogens with zero attached hydrogens (tertiary/aromatic N) is 1. The molecule has 1 heterocycles. The number of hydrogen-bond donors (Lipinski definition) is 1. The largest absolute Gasteiger partial charge is 0.490 e. The minimum Gasteiger partial charge on any atom is -0.490 e. The zero-order valence-electron chi connectivity index (χ0n) is 23.9. The molecule has 3 rings (SSSR count). The quantitative estimate of drug-likeness (QED) is 0.119. The molecule has 1 aromatic heterocycles. The second-order valence-corrected chi connectivity index (χ2v) is 11.2. The van der Waals surface area contributed by atoms with Crippen LogP contribution < -0.4 is 14.6 Å². The Bertz CT molecular complexity index is 1130. The summed E-state index contributed by atoms with van der Waals surface area (Å²) >= 11 is 1.67. The normalized spacial score (nSPS) is 11.1. The molecule has 39 heavy (non-hydrogen) atoms. The average molecular weight is 554 g/mol. The third kappa shape index (κ3) is 11.5. The van der Waals surface area contributed by atoms with Gasteiger partial charge in [-0.25, -0.2) is 4.39 Å². The van der Waals surface area contributed by atoms with Crippen LogP contribution >= 0.6 is 11.3 Å². The molecule has 0 spiro atoms. The van der Waals surface area contributed by atoms with E-state index >= 15 is 0 Å². The fourth-order valence-electron chi connectivity index (χ4n) is 4.81. The van der Waals surface area contributed by atoms with Gasteiger partial charge in [0.1, 0.15) is 0 Å². The van der Waals surface area contributed by atoms with E-state index < -0.39 is 5.82 Å². The van der Waals surface area contributed by atoms with Crippen LogP contribution in [0.5, 0.6) is 5.75 Å². The summed E-state index contributed by atoms with van der Waals surface area (Å²) in [6.45, 7) is 5.56. The predicted molar refractivity (Wildman–Crippen MR) is 160 cm³/mol. The van der Waals surface area contributed by atoms with Crippen LogP contribution in [0.3, 0.4) is 0 Å². The van der Waals surface area contributed by atoms with Gasteiger partial charge in [-0.2, -0.15) is 4.57 Å². The molecule has 0 aliphatic carbocycles. The van der Waals surface area contributed by atoms with E-state index in [-0.39, 0.29) is 18.1 Å². The summed E-state index contributed by atoms with van der Waals surface area (Å²) in [6, 6.07) is 12.7. The van der Waals surface area contributed by atoms with Crippen molar-refractivity contribution in [1.29, 1.82) is 0 Å². The molecular formula is C33H46FN2O2S+. The fraction of sp³-hybridized carbons (Fsp3) is 0.515. The second-order valence-electron chi connectivity index (χ2n) is 10.5. The van der Waals surface area contributed by atoms with Gasteiger partial charge in [-0.1, -0.05) is 113 Å². The van der Waals surface area contributed by atoms with E-state index in [1.54, 1.807) is 23.5 Å². The monoisotopic (exact) mass is 553 g/mol. The first-order valence-electron chi connectivity index (χ1n) is 14.8. The number of aryl methyl sites for hydroxylation is 1. The summed E-state index contributed by atoms with van der Waals surface area (Å²) in [4.78, 5) is 12.8. The molecule has 6 heteroatoms. The lowest BCUT2D eigenvalue weighted by molar-refractivity contribution is -0.689. The number of carbonyl (C=O) groups is 1. The summed E-state index contributed by atoms with van der Waals surface area (Å²) < 4.78 is 22.6. The van der Waals surface area contributed by atoms with E-state index in [1.807, 2.05) is 24.3 Å². The van der Waals surface area contributed by atoms with E-state index in [0.29, 0.717) is 12.2 Å². The van der Waals surface area contributed by atoms with Crippen LogP contribution in [-0.2, 0) is 17.8 Å². The van der Waals surface area contributed by atoms with Crippen molar-refractivity contribution in [3.8, 4) is 5.75 Å². The first-order valence-corrected chi connectivity index (χ1v) is 15.7. The van der Waals surface area contributed by atoms with Crippen molar-refractivity contribution in [2.24, 2.45) is 0 Å². The highest BCUT2D eigenvalue weighted by atomic mass is 32.1. The van der Waals surface area contributed by atoms with Crippen LogP contribution in [0, 0.1) is 12.7 Å². The van der Waals surface area contributed by atoms with Gasteiger partial charge in [0.05, 0.1) is 18.4 Å². The van der Waals surface area contributed by atoms with Gasteiger partial charge in [0.15, 0.2) is 23.8 Å². The molecule has 3 aromatic rings. The van der Waals surface area contributed by atoms with Gasteiger partial charge in [-0.3, -0.25) is 4.79 Å². The Morgan fingerprint density at radius 3 is 2.26 bits per heavy atom. The molecule has 0 fully saturated rings. The maximum Gasteiger partial charge on any atom is 0.228 e. The number of carbonyl (C=O) groups excluding carboxylic acids is 1. The van der Waals surface area contributed by atoms with E-state index in [0.717, 1.165) is 30.6 Å². The van der Waals surface area contributed by atoms with Gasteiger partial charge in [0.2, 0.25) is 11.4 Å². The van der Waals surface area contributed by atoms with Crippen molar-refractivity contribution in [3.05, 3.63) is 76.0 Å². The Balaban J connectivity index is 1.37. The number of aromatic nitrogens is 1. The van der Waals surface area contributed by atoms with Gasteiger partial charge in [0.25, 0.3) is 0 Å². The summed E-state index contributed by atoms with van der Waals surface area (Å²) in [6.07, 6.45) is 15.3. The molecule has 0 atom stereocenters. The van der Waals surface area contributed by atoms with Gasteiger partial charge < -0.3 is 10.1 Å². The SMILES string of the molecule is CCCCCCCCCCCCCCOc1c(F)cccc1CC(=O)Nc1cccc(C[n+]2cscc2C)c1. The topological polar surface area (TPSA) is 42.2 Å². The van der Waals surface area contributed by atoms with Crippen LogP contribution in [0.1, 0.15) is 101 Å². The van der Waals surface area contributed by atoms with Crippen molar-refractivity contribution < 1.29 is 18.5 Å². The predicted octanol–water partition coefficient (Wildman–Crippen LogP) is 8.79. The van der Waals surface area contributed by atoms with Gasteiger partial charge in [-0.15, -0.1) is 0 Å². The lowest BCUT2D eigenvalue weighted by atomic mass is 10.1. The highest BCUT2D eigenvalue weighted by Gasteiger charge is 2.15. The van der Waals surface area contributed by atoms with Crippen LogP contribution in [-0.4, -0.2) is 12.5 Å². The van der Waals surface area contributed by atoms with E-state index in [9.17, 15) is 9.18 Å². The Hall–Kier alpha value is -2.73. The molecule has 0 unspecified atom stereocenters. The zero-order valence-corrected chi connectivity index (χ0v) is 24.7. The van der Waals surface area contributed by atoms with Crippen molar-refractivity contribution >= 4 is 22.9 Å². The number of thiazole rings is 1. The molecule has 0 aliphatic rings. The summed E-state index contributed by atoms with van der Waals surface area (Å²) in [5, 5.41) is 5.08. The van der Waals surface area contributed by atoms with Crippen molar-refractivity contribution in [3.63, 3.8) is 0 Å². The van der Waals surface area contributed by atoms with Gasteiger partial charge >= 0.3 is 0 Å². The maximum atomic E-state index is 14.6. The number of benzene rings is 2. The zero-order chi connectivity index (χ0) is 27.7. The lowest BCUT2D eigenvalue weighted by Crippen LogP contribution is -2.34. The number of para-hydroxylation sites is 1. The Labute approximate surface area is 238 Å². The van der Waals surface area contributed by atoms with Crippen molar-refractivity contribution in [2.75, 3.05) is 11.9 Å². The minimum atomic E-state index is -0.413. The lowest BCUT2D eigenvalue weighted by Gasteiger charge is -2.13. The van der Waals surface area contributed by atoms with E-state index in [2.05, 4.69) is 34.6 Å². The van der Waals surface area contributed by atoms with Crippen molar-refractivity contribution in [1.82, 2.24) is 0 Å². The van der Waals surface area contributed by atoms with Crippen LogP contribution in [0.4, 0.5) is 10.1 Å². The molecule has 0 saturated heterocycles. The Kier molecular flexibility index (Phi) is 14.0. The van der Waals surface area contributed by atoms with Gasteiger partial charge in [-0.05, 0) is 24.6 Å². The molecular weight excluding hydrogens is 507 g/mol. The Morgan fingerprint density at radius 2 is 1.59 bits per heavy atom. The number of anilines is 1. The number of unbranched alkanes of at least 4 members (excludes halogenated alkanes) is 11. The molecule has 0 aliphatic heterocycles. The van der Waals surface area contributed by atoms with Gasteiger partial charge in [0, 0.05) is 23.7 Å². The third-order valence-electron chi connectivity index (χ3n) is 7.09. The molecule has 0 radical (unpaired) electrons. The maximum absolute atomic E-state index is 14.6. The highest BCUT2D eigenvalue weighted by molar-refractivity contribution is 7.07. The second kappa shape index (κ2) is 17.8. The van der Waals surface area contributed by atoms with Crippen LogP contribution in [0.2, 0.25) is 0 Å². The third-order valence-corrected chi connectivity index (χ3v) is 7.94. The fourth-order valence-corrected chi connectivity index (χ4v) is 5.59. The minimum absolute atomic E-state index is 0.0636. The van der Waals surface area contributed by atoms with E-state index in [4.69, 9.17) is 4.74 Å². The number of ether oxygens (including phenoxy) is 1. The smallest absolute Gasteiger partial charge is 0.228 e. The standard InChI is InChI=1S/C33H45FN2O2S/c1-3-4-5-6-7-8-9-10-11-12-13-14-21-38-33-29(18-16-20-31(33)34)23-32(37)35-30-19-15-17-28(22-30)24-36-26-39-25-27(36)2/h15-20,22,25-26H,3-14,21,23-24H2,1-2H3/p+1. The number of hydrogen-bond acceptors (Lipinski definition) is 3. The van der Waals surface area contributed by atoms with Crippen LogP contribution in [0.25, 0.3) is 0 Å².